The monoisotopic (exact) mass is 493 g/mol. The number of nitrogens with one attached hydrogen (secondary N) is 1. The standard InChI is InChI=1S/C28H35N3O5/c1-28(27(33)29-20-8-6-4-5-7-9-20)18-30-22-13-15-36-25(22)17-23(30)26(32)31(28)14-12-19-16-21(34-2)10-11-24(19)35-3/h10-11,13,15-17,20H,4-9,12,14,18H2,1-3H3,(H,29,33). The lowest BCUT2D eigenvalue weighted by Crippen LogP contribution is -2.65. The van der Waals surface area contributed by atoms with Crippen molar-refractivity contribution in [2.45, 2.75) is 70.0 Å². The van der Waals surface area contributed by atoms with Gasteiger partial charge in [-0.2, -0.15) is 0 Å². The van der Waals surface area contributed by atoms with Crippen LogP contribution >= 0.6 is 0 Å². The van der Waals surface area contributed by atoms with Crippen LogP contribution in [0.3, 0.4) is 0 Å². The van der Waals surface area contributed by atoms with Gasteiger partial charge in [-0.3, -0.25) is 9.59 Å². The van der Waals surface area contributed by atoms with Crippen LogP contribution in [0.25, 0.3) is 11.1 Å². The first-order chi connectivity index (χ1) is 17.4. The van der Waals surface area contributed by atoms with Crippen molar-refractivity contribution in [2.75, 3.05) is 20.8 Å². The first-order valence-corrected chi connectivity index (χ1v) is 12.8. The van der Waals surface area contributed by atoms with E-state index >= 15 is 0 Å². The van der Waals surface area contributed by atoms with E-state index < -0.39 is 5.54 Å². The summed E-state index contributed by atoms with van der Waals surface area (Å²) in [6, 6.07) is 9.41. The summed E-state index contributed by atoms with van der Waals surface area (Å²) >= 11 is 0. The summed E-state index contributed by atoms with van der Waals surface area (Å²) in [5, 5.41) is 3.31. The zero-order valence-corrected chi connectivity index (χ0v) is 21.3. The molecule has 2 aliphatic rings. The fraction of sp³-hybridized carbons (Fsp3) is 0.500. The van der Waals surface area contributed by atoms with Gasteiger partial charge in [-0.1, -0.05) is 25.7 Å². The highest BCUT2D eigenvalue weighted by atomic mass is 16.5. The first-order valence-electron chi connectivity index (χ1n) is 12.8. The van der Waals surface area contributed by atoms with Crippen LogP contribution in [0.15, 0.2) is 41.0 Å². The molecule has 8 heteroatoms. The number of carbonyl (C=O) groups excluding carboxylic acids is 2. The number of furan rings is 1. The van der Waals surface area contributed by atoms with Crippen molar-refractivity contribution < 1.29 is 23.5 Å². The van der Waals surface area contributed by atoms with E-state index in [2.05, 4.69) is 5.32 Å². The van der Waals surface area contributed by atoms with Gasteiger partial charge < -0.3 is 28.7 Å². The molecule has 1 atom stereocenters. The van der Waals surface area contributed by atoms with Crippen molar-refractivity contribution in [1.29, 1.82) is 0 Å². The minimum absolute atomic E-state index is 0.101. The third kappa shape index (κ3) is 4.33. The normalized spacial score (nSPS) is 20.8. The van der Waals surface area contributed by atoms with Gasteiger partial charge in [0.1, 0.15) is 22.7 Å². The van der Waals surface area contributed by atoms with Crippen molar-refractivity contribution in [3.05, 3.63) is 47.9 Å². The summed E-state index contributed by atoms with van der Waals surface area (Å²) in [5.74, 6) is 1.18. The third-order valence-corrected chi connectivity index (χ3v) is 7.82. The number of amides is 2. The number of aromatic nitrogens is 1. The van der Waals surface area contributed by atoms with Gasteiger partial charge in [-0.05, 0) is 49.9 Å². The Morgan fingerprint density at radius 2 is 1.89 bits per heavy atom. The Morgan fingerprint density at radius 1 is 1.11 bits per heavy atom. The predicted octanol–water partition coefficient (Wildman–Crippen LogP) is 4.55. The highest BCUT2D eigenvalue weighted by Gasteiger charge is 2.48. The van der Waals surface area contributed by atoms with Gasteiger partial charge in [0, 0.05) is 24.7 Å². The highest BCUT2D eigenvalue weighted by Crippen LogP contribution is 2.34. The van der Waals surface area contributed by atoms with Crippen LogP contribution < -0.4 is 14.8 Å². The maximum atomic E-state index is 13.9. The van der Waals surface area contributed by atoms with E-state index in [1.807, 2.05) is 35.8 Å². The second-order valence-corrected chi connectivity index (χ2v) is 10.1. The number of fused-ring (bicyclic) bond motifs is 3. The summed E-state index contributed by atoms with van der Waals surface area (Å²) in [4.78, 5) is 29.5. The molecule has 5 rings (SSSR count). The molecule has 2 aromatic heterocycles. The maximum absolute atomic E-state index is 13.9. The van der Waals surface area contributed by atoms with E-state index in [4.69, 9.17) is 13.9 Å². The average Bonchev–Trinajstić information content (AvgIpc) is 3.38. The van der Waals surface area contributed by atoms with Crippen LogP contribution in [-0.2, 0) is 17.8 Å². The molecular formula is C28H35N3O5. The summed E-state index contributed by atoms with van der Waals surface area (Å²) in [5.41, 5.74) is 1.90. The van der Waals surface area contributed by atoms with Gasteiger partial charge in [-0.25, -0.2) is 0 Å². The second kappa shape index (κ2) is 9.91. The van der Waals surface area contributed by atoms with Crippen molar-refractivity contribution in [3.63, 3.8) is 0 Å². The molecule has 1 saturated carbocycles. The van der Waals surface area contributed by atoms with Crippen molar-refractivity contribution >= 4 is 22.9 Å². The quantitative estimate of drug-likeness (QED) is 0.488. The molecule has 1 unspecified atom stereocenters. The lowest BCUT2D eigenvalue weighted by atomic mass is 9.93. The second-order valence-electron chi connectivity index (χ2n) is 10.1. The largest absolute Gasteiger partial charge is 0.497 e. The van der Waals surface area contributed by atoms with Crippen LogP contribution in [-0.4, -0.2) is 53.6 Å². The van der Waals surface area contributed by atoms with Crippen LogP contribution in [0.2, 0.25) is 0 Å². The molecular weight excluding hydrogens is 458 g/mol. The maximum Gasteiger partial charge on any atom is 0.271 e. The molecule has 0 bridgehead atoms. The molecule has 0 spiro atoms. The summed E-state index contributed by atoms with van der Waals surface area (Å²) in [7, 11) is 3.25. The van der Waals surface area contributed by atoms with Gasteiger partial charge in [0.25, 0.3) is 5.91 Å². The van der Waals surface area contributed by atoms with Gasteiger partial charge in [-0.15, -0.1) is 0 Å². The zero-order chi connectivity index (χ0) is 25.3. The Bertz CT molecular complexity index is 1250. The smallest absolute Gasteiger partial charge is 0.271 e. The van der Waals surface area contributed by atoms with Crippen LogP contribution in [0.4, 0.5) is 0 Å². The number of rotatable bonds is 7. The van der Waals surface area contributed by atoms with Gasteiger partial charge in [0.2, 0.25) is 5.91 Å². The van der Waals surface area contributed by atoms with E-state index in [1.54, 1.807) is 31.4 Å². The Kier molecular flexibility index (Phi) is 6.69. The Labute approximate surface area is 211 Å². The Hall–Kier alpha value is -3.42. The van der Waals surface area contributed by atoms with E-state index in [9.17, 15) is 9.59 Å². The molecule has 1 N–H and O–H groups in total. The molecule has 1 aliphatic carbocycles. The van der Waals surface area contributed by atoms with E-state index in [1.165, 1.54) is 12.8 Å². The van der Waals surface area contributed by atoms with Crippen molar-refractivity contribution in [3.8, 4) is 11.5 Å². The number of nitrogens with zero attached hydrogens (tertiary/aromatic N) is 2. The average molecular weight is 494 g/mol. The third-order valence-electron chi connectivity index (χ3n) is 7.82. The fourth-order valence-electron chi connectivity index (χ4n) is 5.70. The molecule has 1 fully saturated rings. The molecule has 8 nitrogen and oxygen atoms in total. The molecule has 0 saturated heterocycles. The number of carbonyl (C=O) groups is 2. The molecule has 192 valence electrons. The fourth-order valence-corrected chi connectivity index (χ4v) is 5.70. The van der Waals surface area contributed by atoms with Crippen LogP contribution in [0, 0.1) is 0 Å². The molecule has 2 amide bonds. The van der Waals surface area contributed by atoms with Gasteiger partial charge in [0.05, 0.1) is 32.5 Å². The number of methoxy groups -OCH3 is 2. The molecule has 3 aromatic rings. The van der Waals surface area contributed by atoms with Gasteiger partial charge >= 0.3 is 0 Å². The number of hydrogen-bond donors (Lipinski definition) is 1. The Morgan fingerprint density at radius 3 is 2.61 bits per heavy atom. The molecule has 36 heavy (non-hydrogen) atoms. The molecule has 0 radical (unpaired) electrons. The van der Waals surface area contributed by atoms with Crippen molar-refractivity contribution in [2.24, 2.45) is 0 Å². The summed E-state index contributed by atoms with van der Waals surface area (Å²) in [6.45, 7) is 2.61. The lowest BCUT2D eigenvalue weighted by Gasteiger charge is -2.44. The SMILES string of the molecule is COc1ccc(OC)c(CCN2C(=O)c3cc4occc4n3CC2(C)C(=O)NC2CCCCCC2)c1. The predicted molar refractivity (Wildman–Crippen MR) is 137 cm³/mol. The lowest BCUT2D eigenvalue weighted by molar-refractivity contribution is -0.133. The number of benzene rings is 1. The number of ether oxygens (including phenoxy) is 2. The number of hydrogen-bond acceptors (Lipinski definition) is 5. The summed E-state index contributed by atoms with van der Waals surface area (Å²) in [6.07, 6.45) is 8.77. The zero-order valence-electron chi connectivity index (χ0n) is 21.3. The van der Waals surface area contributed by atoms with Gasteiger partial charge in [0.15, 0.2) is 5.58 Å². The van der Waals surface area contributed by atoms with E-state index in [-0.39, 0.29) is 17.9 Å². The van der Waals surface area contributed by atoms with Crippen molar-refractivity contribution in [1.82, 2.24) is 14.8 Å². The van der Waals surface area contributed by atoms with E-state index in [0.29, 0.717) is 30.8 Å². The summed E-state index contributed by atoms with van der Waals surface area (Å²) < 4.78 is 18.5. The molecule has 1 aliphatic heterocycles. The Balaban J connectivity index is 1.47. The minimum Gasteiger partial charge on any atom is -0.497 e. The molecule has 1 aromatic carbocycles. The minimum atomic E-state index is -1.05. The highest BCUT2D eigenvalue weighted by molar-refractivity contribution is 6.03. The first kappa shape index (κ1) is 24.3. The topological polar surface area (TPSA) is 85.9 Å². The van der Waals surface area contributed by atoms with E-state index in [0.717, 1.165) is 48.3 Å². The molecule has 3 heterocycles. The van der Waals surface area contributed by atoms with Crippen LogP contribution in [0.5, 0.6) is 11.5 Å². The van der Waals surface area contributed by atoms with Crippen LogP contribution in [0.1, 0.15) is 61.5 Å².